The second-order valence-electron chi connectivity index (χ2n) is 3.97. The van der Waals surface area contributed by atoms with Crippen LogP contribution >= 0.6 is 11.3 Å². The highest BCUT2D eigenvalue weighted by Gasteiger charge is 2.06. The summed E-state index contributed by atoms with van der Waals surface area (Å²) >= 11 is 1.46. The maximum atomic E-state index is 11.8. The van der Waals surface area contributed by atoms with Crippen LogP contribution in [0.25, 0.3) is 0 Å². The molecule has 0 spiro atoms. The van der Waals surface area contributed by atoms with Crippen LogP contribution in [0, 0.1) is 0 Å². The van der Waals surface area contributed by atoms with Crippen LogP contribution in [0.5, 0.6) is 0 Å². The number of benzene rings is 1. The normalized spacial score (nSPS) is 9.95. The van der Waals surface area contributed by atoms with Gasteiger partial charge in [-0.15, -0.1) is 11.3 Å². The van der Waals surface area contributed by atoms with Gasteiger partial charge in [0.1, 0.15) is 0 Å². The van der Waals surface area contributed by atoms with Crippen LogP contribution in [0.4, 0.5) is 11.4 Å². The first-order valence-corrected chi connectivity index (χ1v) is 6.62. The summed E-state index contributed by atoms with van der Waals surface area (Å²) in [6, 6.07) is 7.01. The predicted octanol–water partition coefficient (Wildman–Crippen LogP) is 2.28. The van der Waals surface area contributed by atoms with Crippen LogP contribution in [-0.2, 0) is 16.0 Å². The van der Waals surface area contributed by atoms with E-state index in [2.05, 4.69) is 15.6 Å². The minimum Gasteiger partial charge on any atom is -0.326 e. The predicted molar refractivity (Wildman–Crippen MR) is 75.2 cm³/mol. The minimum absolute atomic E-state index is 0.133. The molecule has 2 aromatic rings. The summed E-state index contributed by atoms with van der Waals surface area (Å²) in [4.78, 5) is 26.8. The molecule has 0 aliphatic rings. The topological polar surface area (TPSA) is 71.1 Å². The second-order valence-corrected chi connectivity index (χ2v) is 4.69. The number of nitrogens with one attached hydrogen (secondary N) is 2. The molecule has 98 valence electrons. The Balaban J connectivity index is 1.98. The van der Waals surface area contributed by atoms with Gasteiger partial charge in [0.15, 0.2) is 0 Å². The Bertz CT molecular complexity index is 581. The van der Waals surface area contributed by atoms with Crippen LogP contribution in [0.2, 0.25) is 0 Å². The Morgan fingerprint density at radius 3 is 2.63 bits per heavy atom. The lowest BCUT2D eigenvalue weighted by molar-refractivity contribution is -0.116. The summed E-state index contributed by atoms with van der Waals surface area (Å²) in [5.41, 5.74) is 3.74. The SMILES string of the molecule is CC(=O)Nc1cccc(NC(=O)Cc2cscn2)c1. The van der Waals surface area contributed by atoms with Crippen LogP contribution in [0.15, 0.2) is 35.2 Å². The Labute approximate surface area is 114 Å². The van der Waals surface area contributed by atoms with E-state index in [1.807, 2.05) is 5.38 Å². The number of hydrogen-bond acceptors (Lipinski definition) is 4. The molecule has 0 unspecified atom stereocenters. The molecule has 0 bridgehead atoms. The molecule has 0 saturated carbocycles. The van der Waals surface area contributed by atoms with E-state index in [1.165, 1.54) is 18.3 Å². The summed E-state index contributed by atoms with van der Waals surface area (Å²) in [5, 5.41) is 7.27. The first-order chi connectivity index (χ1) is 9.13. The Kier molecular flexibility index (Phi) is 4.25. The van der Waals surface area contributed by atoms with Crippen LogP contribution < -0.4 is 10.6 Å². The van der Waals surface area contributed by atoms with Gasteiger partial charge in [-0.3, -0.25) is 9.59 Å². The number of anilines is 2. The second kappa shape index (κ2) is 6.10. The van der Waals surface area contributed by atoms with E-state index in [-0.39, 0.29) is 18.2 Å². The van der Waals surface area contributed by atoms with E-state index in [1.54, 1.807) is 29.8 Å². The molecular formula is C13H13N3O2S. The summed E-state index contributed by atoms with van der Waals surface area (Å²) < 4.78 is 0. The molecule has 2 N–H and O–H groups in total. The van der Waals surface area contributed by atoms with Crippen molar-refractivity contribution in [3.05, 3.63) is 40.8 Å². The van der Waals surface area contributed by atoms with Crippen LogP contribution in [0.3, 0.4) is 0 Å². The summed E-state index contributed by atoms with van der Waals surface area (Å²) in [6.07, 6.45) is 0.244. The van der Waals surface area contributed by atoms with Crippen molar-refractivity contribution < 1.29 is 9.59 Å². The lowest BCUT2D eigenvalue weighted by Gasteiger charge is -2.07. The fraction of sp³-hybridized carbons (Fsp3) is 0.154. The van der Waals surface area contributed by atoms with Crippen molar-refractivity contribution in [1.82, 2.24) is 4.98 Å². The van der Waals surface area contributed by atoms with Gasteiger partial charge in [-0.25, -0.2) is 4.98 Å². The molecule has 0 saturated heterocycles. The number of nitrogens with zero attached hydrogens (tertiary/aromatic N) is 1. The summed E-state index contributed by atoms with van der Waals surface area (Å²) in [5.74, 6) is -0.281. The number of aromatic nitrogens is 1. The van der Waals surface area contributed by atoms with Gasteiger partial charge in [-0.2, -0.15) is 0 Å². The summed E-state index contributed by atoms with van der Waals surface area (Å²) in [7, 11) is 0. The molecule has 2 amide bonds. The van der Waals surface area contributed by atoms with E-state index in [0.29, 0.717) is 11.4 Å². The smallest absolute Gasteiger partial charge is 0.230 e. The molecule has 0 fully saturated rings. The van der Waals surface area contributed by atoms with Crippen molar-refractivity contribution in [2.24, 2.45) is 0 Å². The Morgan fingerprint density at radius 1 is 1.26 bits per heavy atom. The molecule has 0 radical (unpaired) electrons. The van der Waals surface area contributed by atoms with Crippen LogP contribution in [0.1, 0.15) is 12.6 Å². The average molecular weight is 275 g/mol. The van der Waals surface area contributed by atoms with Crippen molar-refractivity contribution in [3.63, 3.8) is 0 Å². The van der Waals surface area contributed by atoms with Gasteiger partial charge >= 0.3 is 0 Å². The quantitative estimate of drug-likeness (QED) is 0.899. The van der Waals surface area contributed by atoms with Crippen LogP contribution in [-0.4, -0.2) is 16.8 Å². The Morgan fingerprint density at radius 2 is 2.00 bits per heavy atom. The maximum absolute atomic E-state index is 11.8. The molecule has 0 aliphatic carbocycles. The van der Waals surface area contributed by atoms with Gasteiger partial charge in [0.25, 0.3) is 0 Å². The van der Waals surface area contributed by atoms with Crippen molar-refractivity contribution in [1.29, 1.82) is 0 Å². The maximum Gasteiger partial charge on any atom is 0.230 e. The highest BCUT2D eigenvalue weighted by molar-refractivity contribution is 7.07. The van der Waals surface area contributed by atoms with Crippen molar-refractivity contribution in [3.8, 4) is 0 Å². The molecule has 1 aromatic carbocycles. The zero-order chi connectivity index (χ0) is 13.7. The standard InChI is InChI=1S/C13H13N3O2S/c1-9(17)15-10-3-2-4-11(5-10)16-13(18)6-12-7-19-8-14-12/h2-5,7-8H,6H2,1H3,(H,15,17)(H,16,18). The third kappa shape index (κ3) is 4.18. The monoisotopic (exact) mass is 275 g/mol. The van der Waals surface area contributed by atoms with E-state index in [9.17, 15) is 9.59 Å². The van der Waals surface area contributed by atoms with E-state index >= 15 is 0 Å². The molecule has 1 heterocycles. The molecule has 2 rings (SSSR count). The highest BCUT2D eigenvalue weighted by Crippen LogP contribution is 2.15. The number of amides is 2. The summed E-state index contributed by atoms with van der Waals surface area (Å²) in [6.45, 7) is 1.44. The van der Waals surface area contributed by atoms with Crippen molar-refractivity contribution >= 4 is 34.5 Å². The fourth-order valence-corrected chi connectivity index (χ4v) is 2.13. The first-order valence-electron chi connectivity index (χ1n) is 5.68. The molecular weight excluding hydrogens is 262 g/mol. The number of carbonyl (C=O) groups is 2. The number of rotatable bonds is 4. The van der Waals surface area contributed by atoms with Gasteiger partial charge in [0, 0.05) is 23.7 Å². The number of thiazole rings is 1. The average Bonchev–Trinajstić information content (AvgIpc) is 2.81. The Hall–Kier alpha value is -2.21. The van der Waals surface area contributed by atoms with Gasteiger partial charge in [0.2, 0.25) is 11.8 Å². The van der Waals surface area contributed by atoms with Gasteiger partial charge in [-0.1, -0.05) is 6.07 Å². The molecule has 6 heteroatoms. The third-order valence-corrected chi connectivity index (χ3v) is 2.93. The van der Waals surface area contributed by atoms with Gasteiger partial charge < -0.3 is 10.6 Å². The van der Waals surface area contributed by atoms with Crippen molar-refractivity contribution in [2.45, 2.75) is 13.3 Å². The van der Waals surface area contributed by atoms with Crippen molar-refractivity contribution in [2.75, 3.05) is 10.6 Å². The van der Waals surface area contributed by atoms with Gasteiger partial charge in [0.05, 0.1) is 17.6 Å². The lowest BCUT2D eigenvalue weighted by atomic mass is 10.2. The number of carbonyl (C=O) groups excluding carboxylic acids is 2. The fourth-order valence-electron chi connectivity index (χ4n) is 1.57. The molecule has 0 aliphatic heterocycles. The number of hydrogen-bond donors (Lipinski definition) is 2. The van der Waals surface area contributed by atoms with E-state index in [4.69, 9.17) is 0 Å². The van der Waals surface area contributed by atoms with Gasteiger partial charge in [-0.05, 0) is 18.2 Å². The van der Waals surface area contributed by atoms with E-state index in [0.717, 1.165) is 5.69 Å². The molecule has 0 atom stereocenters. The minimum atomic E-state index is -0.147. The first kappa shape index (κ1) is 13.2. The molecule has 1 aromatic heterocycles. The zero-order valence-electron chi connectivity index (χ0n) is 10.3. The molecule has 19 heavy (non-hydrogen) atoms. The third-order valence-electron chi connectivity index (χ3n) is 2.29. The lowest BCUT2D eigenvalue weighted by Crippen LogP contribution is -2.15. The zero-order valence-corrected chi connectivity index (χ0v) is 11.2. The largest absolute Gasteiger partial charge is 0.326 e. The highest BCUT2D eigenvalue weighted by atomic mass is 32.1. The van der Waals surface area contributed by atoms with E-state index < -0.39 is 0 Å². The molecule has 5 nitrogen and oxygen atoms in total.